The number of hydrogen-bond donors (Lipinski definition) is 1. The Morgan fingerprint density at radius 2 is 1.76 bits per heavy atom. The second kappa shape index (κ2) is 9.67. The van der Waals surface area contributed by atoms with Crippen LogP contribution in [0.15, 0.2) is 41.4 Å². The van der Waals surface area contributed by atoms with E-state index in [-0.39, 0.29) is 5.91 Å². The van der Waals surface area contributed by atoms with Crippen molar-refractivity contribution in [3.63, 3.8) is 0 Å². The van der Waals surface area contributed by atoms with E-state index in [1.165, 1.54) is 24.6 Å². The predicted octanol–water partition coefficient (Wildman–Crippen LogP) is 3.61. The molecule has 0 spiro atoms. The summed E-state index contributed by atoms with van der Waals surface area (Å²) in [4.78, 5) is 16.6. The summed E-state index contributed by atoms with van der Waals surface area (Å²) in [5.41, 5.74) is 1.09. The highest BCUT2D eigenvalue weighted by atomic mass is 35.5. The first kappa shape index (κ1) is 20.3. The number of nitrogens with one attached hydrogen (secondary N) is 1. The fourth-order valence-corrected chi connectivity index (χ4v) is 4.80. The maximum Gasteiger partial charge on any atom is 0.230 e. The largest absolute Gasteiger partial charge is 0.367 e. The van der Waals surface area contributed by atoms with Gasteiger partial charge in [0.1, 0.15) is 5.03 Å². The summed E-state index contributed by atoms with van der Waals surface area (Å²) in [5.74, 6) is 1.35. The van der Waals surface area contributed by atoms with Crippen LogP contribution in [0.1, 0.15) is 25.7 Å². The van der Waals surface area contributed by atoms with E-state index in [9.17, 15) is 4.79 Å². The minimum atomic E-state index is 0.0865. The Bertz CT molecular complexity index is 820. The Morgan fingerprint density at radius 1 is 1.03 bits per heavy atom. The quantitative estimate of drug-likeness (QED) is 0.705. The molecule has 0 unspecified atom stereocenters. The van der Waals surface area contributed by atoms with E-state index in [4.69, 9.17) is 11.6 Å². The number of benzene rings is 1. The van der Waals surface area contributed by atoms with Crippen LogP contribution in [0.3, 0.4) is 0 Å². The molecule has 2 heterocycles. The molecule has 4 rings (SSSR count). The van der Waals surface area contributed by atoms with Gasteiger partial charge in [-0.05, 0) is 37.1 Å². The Hall–Kier alpha value is -1.99. The molecule has 2 fully saturated rings. The molecule has 2 aromatic rings. The lowest BCUT2D eigenvalue weighted by atomic mass is 10.2. The van der Waals surface area contributed by atoms with E-state index in [0.717, 1.165) is 60.6 Å². The van der Waals surface area contributed by atoms with Gasteiger partial charge in [0.05, 0.1) is 16.5 Å². The summed E-state index contributed by atoms with van der Waals surface area (Å²) in [5, 5.41) is 13.4. The molecule has 29 heavy (non-hydrogen) atoms. The normalized spacial score (nSPS) is 17.6. The third-order valence-corrected chi connectivity index (χ3v) is 6.73. The number of piperazine rings is 1. The second-order valence-corrected chi connectivity index (χ2v) is 8.90. The fraction of sp³-hybridized carbons (Fsp3) is 0.476. The number of rotatable bonds is 6. The van der Waals surface area contributed by atoms with Crippen molar-refractivity contribution in [3.8, 4) is 0 Å². The van der Waals surface area contributed by atoms with Gasteiger partial charge in [-0.25, -0.2) is 0 Å². The molecule has 1 aromatic carbocycles. The maximum atomic E-state index is 12.1. The lowest BCUT2D eigenvalue weighted by Crippen LogP contribution is -2.47. The van der Waals surface area contributed by atoms with Crippen LogP contribution in [-0.2, 0) is 4.79 Å². The number of hydrogen-bond acceptors (Lipinski definition) is 6. The van der Waals surface area contributed by atoms with E-state index in [1.807, 2.05) is 30.3 Å². The highest BCUT2D eigenvalue weighted by Gasteiger charge is 2.20. The zero-order valence-corrected chi connectivity index (χ0v) is 18.0. The van der Waals surface area contributed by atoms with Crippen molar-refractivity contribution in [1.29, 1.82) is 0 Å². The molecular formula is C21H26ClN5OS. The smallest absolute Gasteiger partial charge is 0.230 e. The SMILES string of the molecule is O=C(CSc1ccc(N2CCN(c3ccccc3Cl)CC2)nn1)NC1CCCC1. The monoisotopic (exact) mass is 431 g/mol. The van der Waals surface area contributed by atoms with Gasteiger partial charge in [0.25, 0.3) is 0 Å². The van der Waals surface area contributed by atoms with Gasteiger partial charge < -0.3 is 15.1 Å². The van der Waals surface area contributed by atoms with Crippen molar-refractivity contribution in [3.05, 3.63) is 41.4 Å². The average Bonchev–Trinajstić information content (AvgIpc) is 3.26. The number of nitrogens with zero attached hydrogens (tertiary/aromatic N) is 4. The van der Waals surface area contributed by atoms with E-state index in [1.54, 1.807) is 0 Å². The van der Waals surface area contributed by atoms with Gasteiger partial charge in [0.2, 0.25) is 5.91 Å². The summed E-state index contributed by atoms with van der Waals surface area (Å²) in [6, 6.07) is 12.3. The molecule has 154 valence electrons. The minimum Gasteiger partial charge on any atom is -0.367 e. The van der Waals surface area contributed by atoms with E-state index in [2.05, 4.69) is 31.4 Å². The summed E-state index contributed by atoms with van der Waals surface area (Å²) in [7, 11) is 0. The number of thioether (sulfide) groups is 1. The molecule has 1 aliphatic carbocycles. The third-order valence-electron chi connectivity index (χ3n) is 5.49. The number of para-hydroxylation sites is 1. The third kappa shape index (κ3) is 5.34. The molecule has 1 amide bonds. The van der Waals surface area contributed by atoms with E-state index >= 15 is 0 Å². The van der Waals surface area contributed by atoms with Crippen LogP contribution in [0.5, 0.6) is 0 Å². The van der Waals surface area contributed by atoms with E-state index in [0.29, 0.717) is 11.8 Å². The van der Waals surface area contributed by atoms with Crippen molar-refractivity contribution in [2.24, 2.45) is 0 Å². The minimum absolute atomic E-state index is 0.0865. The molecule has 8 heteroatoms. The van der Waals surface area contributed by atoms with Crippen molar-refractivity contribution in [1.82, 2.24) is 15.5 Å². The zero-order chi connectivity index (χ0) is 20.1. The lowest BCUT2D eigenvalue weighted by molar-refractivity contribution is -0.119. The van der Waals surface area contributed by atoms with E-state index < -0.39 is 0 Å². The second-order valence-electron chi connectivity index (χ2n) is 7.49. The molecule has 0 bridgehead atoms. The van der Waals surface area contributed by atoms with Gasteiger partial charge in [0, 0.05) is 32.2 Å². The predicted molar refractivity (Wildman–Crippen MR) is 119 cm³/mol. The Balaban J connectivity index is 1.25. The summed E-state index contributed by atoms with van der Waals surface area (Å²) in [6.45, 7) is 3.53. The van der Waals surface area contributed by atoms with Crippen LogP contribution in [0.4, 0.5) is 11.5 Å². The van der Waals surface area contributed by atoms with Crippen LogP contribution in [0.25, 0.3) is 0 Å². The number of carbonyl (C=O) groups excluding carboxylic acids is 1. The first-order valence-corrected chi connectivity index (χ1v) is 11.6. The van der Waals surface area contributed by atoms with Crippen LogP contribution in [-0.4, -0.2) is 54.1 Å². The van der Waals surface area contributed by atoms with Crippen molar-refractivity contribution < 1.29 is 4.79 Å². The number of anilines is 2. The van der Waals surface area contributed by atoms with Gasteiger partial charge >= 0.3 is 0 Å². The topological polar surface area (TPSA) is 61.4 Å². The number of halogens is 1. The molecule has 1 aliphatic heterocycles. The molecule has 1 saturated carbocycles. The number of carbonyl (C=O) groups is 1. The Labute approximate surface area is 181 Å². The number of amides is 1. The van der Waals surface area contributed by atoms with Crippen molar-refractivity contribution in [2.75, 3.05) is 41.7 Å². The van der Waals surface area contributed by atoms with Gasteiger partial charge in [-0.1, -0.05) is 48.3 Å². The van der Waals surface area contributed by atoms with Crippen molar-refractivity contribution >= 4 is 40.8 Å². The van der Waals surface area contributed by atoms with Crippen LogP contribution >= 0.6 is 23.4 Å². The fourth-order valence-electron chi connectivity index (χ4n) is 3.92. The average molecular weight is 432 g/mol. The van der Waals surface area contributed by atoms with Gasteiger partial charge in [0.15, 0.2) is 5.82 Å². The van der Waals surface area contributed by atoms with Gasteiger partial charge in [-0.2, -0.15) is 0 Å². The summed E-state index contributed by atoms with van der Waals surface area (Å²) in [6.07, 6.45) is 4.65. The van der Waals surface area contributed by atoms with Crippen LogP contribution < -0.4 is 15.1 Å². The highest BCUT2D eigenvalue weighted by Crippen LogP contribution is 2.27. The highest BCUT2D eigenvalue weighted by molar-refractivity contribution is 7.99. The molecule has 1 aromatic heterocycles. The molecule has 2 aliphatic rings. The first-order valence-electron chi connectivity index (χ1n) is 10.2. The molecule has 6 nitrogen and oxygen atoms in total. The molecule has 0 atom stereocenters. The summed E-state index contributed by atoms with van der Waals surface area (Å²) >= 11 is 7.76. The Morgan fingerprint density at radius 3 is 2.45 bits per heavy atom. The molecule has 1 N–H and O–H groups in total. The van der Waals surface area contributed by atoms with Gasteiger partial charge in [-0.3, -0.25) is 4.79 Å². The lowest BCUT2D eigenvalue weighted by Gasteiger charge is -2.36. The van der Waals surface area contributed by atoms with Crippen LogP contribution in [0, 0.1) is 0 Å². The summed E-state index contributed by atoms with van der Waals surface area (Å²) < 4.78 is 0. The van der Waals surface area contributed by atoms with Gasteiger partial charge in [-0.15, -0.1) is 10.2 Å². The number of aromatic nitrogens is 2. The van der Waals surface area contributed by atoms with Crippen molar-refractivity contribution in [2.45, 2.75) is 36.8 Å². The standard InChI is InChI=1S/C21H26ClN5OS/c22-17-7-3-4-8-18(17)26-11-13-27(14-12-26)19-9-10-21(25-24-19)29-15-20(28)23-16-5-1-2-6-16/h3-4,7-10,16H,1-2,5-6,11-15H2,(H,23,28). The molecular weight excluding hydrogens is 406 g/mol. The first-order chi connectivity index (χ1) is 14.2. The molecule has 0 radical (unpaired) electrons. The Kier molecular flexibility index (Phi) is 6.77. The van der Waals surface area contributed by atoms with Crippen LogP contribution in [0.2, 0.25) is 5.02 Å². The zero-order valence-electron chi connectivity index (χ0n) is 16.4. The molecule has 1 saturated heterocycles. The maximum absolute atomic E-state index is 12.1.